The van der Waals surface area contributed by atoms with Crippen LogP contribution in [0.1, 0.15) is 95.8 Å². The van der Waals surface area contributed by atoms with Crippen molar-refractivity contribution in [3.8, 4) is 0 Å². The summed E-state index contributed by atoms with van der Waals surface area (Å²) in [5.74, 6) is -0.212. The molecule has 29 heavy (non-hydrogen) atoms. The first-order valence-corrected chi connectivity index (χ1v) is 14.4. The molecule has 1 atom stereocenters. The lowest BCUT2D eigenvalue weighted by Crippen LogP contribution is -2.40. The molecular weight excluding hydrogens is 376 g/mol. The third kappa shape index (κ3) is 11.0. The second-order valence-electron chi connectivity index (χ2n) is 9.81. The molecule has 0 amide bonds. The molecule has 0 unspecified atom stereocenters. The van der Waals surface area contributed by atoms with Crippen LogP contribution in [0.5, 0.6) is 0 Å². The highest BCUT2D eigenvalue weighted by Crippen LogP contribution is 2.36. The summed E-state index contributed by atoms with van der Waals surface area (Å²) >= 11 is 0. The van der Waals surface area contributed by atoms with E-state index < -0.39 is 8.32 Å². The van der Waals surface area contributed by atoms with Gasteiger partial charge in [-0.2, -0.15) is 0 Å². The quantitative estimate of drug-likeness (QED) is 0.175. The minimum absolute atomic E-state index is 0.0106. The number of benzene rings is 1. The SMILES string of the molecule is C[C@@H](CCCCCCCCCCO[Si](C)(C)C(C)(C)C)OC(=O)c1ccccc1. The Kier molecular flexibility index (Phi) is 11.8. The predicted octanol–water partition coefficient (Wildman–Crippen LogP) is 7.76. The Labute approximate surface area is 180 Å². The van der Waals surface area contributed by atoms with Gasteiger partial charge in [0.2, 0.25) is 0 Å². The van der Waals surface area contributed by atoms with Crippen LogP contribution in [0.2, 0.25) is 18.1 Å². The molecule has 0 heterocycles. The molecule has 1 aromatic carbocycles. The maximum absolute atomic E-state index is 12.0. The van der Waals surface area contributed by atoms with Crippen molar-refractivity contribution in [1.29, 1.82) is 0 Å². The van der Waals surface area contributed by atoms with Gasteiger partial charge in [0.15, 0.2) is 8.32 Å². The van der Waals surface area contributed by atoms with Gasteiger partial charge in [0.05, 0.1) is 11.7 Å². The maximum Gasteiger partial charge on any atom is 0.338 e. The van der Waals surface area contributed by atoms with E-state index in [2.05, 4.69) is 33.9 Å². The van der Waals surface area contributed by atoms with Gasteiger partial charge in [-0.15, -0.1) is 0 Å². The molecule has 1 rings (SSSR count). The van der Waals surface area contributed by atoms with E-state index in [9.17, 15) is 4.79 Å². The lowest BCUT2D eigenvalue weighted by molar-refractivity contribution is 0.0319. The van der Waals surface area contributed by atoms with E-state index >= 15 is 0 Å². The normalized spacial score (nSPS) is 13.3. The van der Waals surface area contributed by atoms with Crippen LogP contribution in [-0.4, -0.2) is 27.0 Å². The second kappa shape index (κ2) is 13.2. The molecule has 3 nitrogen and oxygen atoms in total. The number of unbranched alkanes of at least 4 members (excludes halogenated alkanes) is 7. The molecule has 166 valence electrons. The van der Waals surface area contributed by atoms with Gasteiger partial charge in [-0.25, -0.2) is 4.79 Å². The van der Waals surface area contributed by atoms with Crippen LogP contribution in [0, 0.1) is 0 Å². The lowest BCUT2D eigenvalue weighted by atomic mass is 10.1. The van der Waals surface area contributed by atoms with Crippen molar-refractivity contribution in [2.75, 3.05) is 6.61 Å². The first-order valence-electron chi connectivity index (χ1n) is 11.5. The molecule has 0 aromatic heterocycles. The molecule has 0 aliphatic heterocycles. The topological polar surface area (TPSA) is 35.5 Å². The molecule has 0 fully saturated rings. The molecule has 0 radical (unpaired) electrons. The summed E-state index contributed by atoms with van der Waals surface area (Å²) < 4.78 is 11.8. The molecule has 0 spiro atoms. The molecule has 4 heteroatoms. The van der Waals surface area contributed by atoms with E-state index in [4.69, 9.17) is 9.16 Å². The van der Waals surface area contributed by atoms with Crippen molar-refractivity contribution in [3.63, 3.8) is 0 Å². The first-order chi connectivity index (χ1) is 13.6. The number of ether oxygens (including phenoxy) is 1. The Hall–Kier alpha value is -1.13. The zero-order valence-corrected chi connectivity index (χ0v) is 20.8. The number of hydrogen-bond donors (Lipinski definition) is 0. The van der Waals surface area contributed by atoms with Gasteiger partial charge >= 0.3 is 5.97 Å². The molecule has 0 N–H and O–H groups in total. The smallest absolute Gasteiger partial charge is 0.338 e. The Morgan fingerprint density at radius 3 is 1.97 bits per heavy atom. The second-order valence-corrected chi connectivity index (χ2v) is 14.6. The summed E-state index contributed by atoms with van der Waals surface area (Å²) in [4.78, 5) is 12.0. The van der Waals surface area contributed by atoms with Crippen molar-refractivity contribution in [1.82, 2.24) is 0 Å². The van der Waals surface area contributed by atoms with E-state index in [0.29, 0.717) is 10.6 Å². The average Bonchev–Trinajstić information content (AvgIpc) is 2.65. The standard InChI is InChI=1S/C25H44O3Si/c1-22(28-24(26)23-19-15-13-16-20-23)18-14-11-9-7-8-10-12-17-21-27-29(5,6)25(2,3)4/h13,15-16,19-20,22H,7-12,14,17-18,21H2,1-6H3/t22-/m0/s1. The Bertz CT molecular complexity index is 563. The number of carbonyl (C=O) groups excluding carboxylic acids is 1. The summed E-state index contributed by atoms with van der Waals surface area (Å²) in [7, 11) is -1.57. The van der Waals surface area contributed by atoms with Gasteiger partial charge in [0.25, 0.3) is 0 Å². The molecule has 1 aromatic rings. The Morgan fingerprint density at radius 2 is 1.41 bits per heavy atom. The molecule has 0 aliphatic rings. The van der Waals surface area contributed by atoms with Crippen LogP contribution in [0.4, 0.5) is 0 Å². The first kappa shape index (κ1) is 25.9. The van der Waals surface area contributed by atoms with E-state index in [-0.39, 0.29) is 12.1 Å². The van der Waals surface area contributed by atoms with Gasteiger partial charge in [0, 0.05) is 6.61 Å². The van der Waals surface area contributed by atoms with E-state index in [0.717, 1.165) is 19.4 Å². The van der Waals surface area contributed by atoms with Gasteiger partial charge in [-0.3, -0.25) is 0 Å². The van der Waals surface area contributed by atoms with Crippen molar-refractivity contribution in [3.05, 3.63) is 35.9 Å². The molecule has 0 saturated heterocycles. The lowest BCUT2D eigenvalue weighted by Gasteiger charge is -2.36. The van der Waals surface area contributed by atoms with Crippen molar-refractivity contribution >= 4 is 14.3 Å². The fraction of sp³-hybridized carbons (Fsp3) is 0.720. The van der Waals surface area contributed by atoms with Crippen LogP contribution < -0.4 is 0 Å². The number of esters is 1. The van der Waals surface area contributed by atoms with Crippen LogP contribution in [0.3, 0.4) is 0 Å². The Balaban J connectivity index is 1.95. The fourth-order valence-corrected chi connectivity index (χ4v) is 4.11. The minimum atomic E-state index is -1.57. The highest BCUT2D eigenvalue weighted by Gasteiger charge is 2.36. The zero-order chi connectivity index (χ0) is 21.8. The summed E-state index contributed by atoms with van der Waals surface area (Å²) in [6.07, 6.45) is 11.0. The van der Waals surface area contributed by atoms with Crippen molar-refractivity contribution < 1.29 is 14.0 Å². The molecular formula is C25H44O3Si. The highest BCUT2D eigenvalue weighted by atomic mass is 28.4. The van der Waals surface area contributed by atoms with Crippen LogP contribution in [0.25, 0.3) is 0 Å². The fourth-order valence-electron chi connectivity index (χ4n) is 3.02. The van der Waals surface area contributed by atoms with Gasteiger partial charge in [-0.05, 0) is 56.5 Å². The zero-order valence-electron chi connectivity index (χ0n) is 19.8. The third-order valence-electron chi connectivity index (χ3n) is 6.09. The summed E-state index contributed by atoms with van der Waals surface area (Å²) in [5, 5.41) is 0.310. The predicted molar refractivity (Wildman–Crippen MR) is 126 cm³/mol. The maximum atomic E-state index is 12.0. The van der Waals surface area contributed by atoms with E-state index in [1.54, 1.807) is 12.1 Å². The summed E-state index contributed by atoms with van der Waals surface area (Å²) in [6, 6.07) is 9.23. The highest BCUT2D eigenvalue weighted by molar-refractivity contribution is 6.74. The molecule has 0 aliphatic carbocycles. The molecule has 0 bridgehead atoms. The monoisotopic (exact) mass is 420 g/mol. The number of hydrogen-bond acceptors (Lipinski definition) is 3. The van der Waals surface area contributed by atoms with E-state index in [1.165, 1.54) is 44.9 Å². The van der Waals surface area contributed by atoms with Crippen LogP contribution in [-0.2, 0) is 9.16 Å². The van der Waals surface area contributed by atoms with Crippen molar-refractivity contribution in [2.45, 2.75) is 110 Å². The third-order valence-corrected chi connectivity index (χ3v) is 10.6. The van der Waals surface area contributed by atoms with Crippen LogP contribution in [0.15, 0.2) is 30.3 Å². The van der Waals surface area contributed by atoms with Crippen LogP contribution >= 0.6 is 0 Å². The van der Waals surface area contributed by atoms with Gasteiger partial charge < -0.3 is 9.16 Å². The van der Waals surface area contributed by atoms with Gasteiger partial charge in [-0.1, -0.05) is 77.5 Å². The van der Waals surface area contributed by atoms with Crippen molar-refractivity contribution in [2.24, 2.45) is 0 Å². The van der Waals surface area contributed by atoms with E-state index in [1.807, 2.05) is 25.1 Å². The summed E-state index contributed by atoms with van der Waals surface area (Å²) in [5.41, 5.74) is 0.633. The summed E-state index contributed by atoms with van der Waals surface area (Å²) in [6.45, 7) is 14.5. The number of rotatable bonds is 14. The largest absolute Gasteiger partial charge is 0.459 e. The molecule has 0 saturated carbocycles. The van der Waals surface area contributed by atoms with Gasteiger partial charge in [0.1, 0.15) is 0 Å². The minimum Gasteiger partial charge on any atom is -0.459 e. The Morgan fingerprint density at radius 1 is 0.897 bits per heavy atom. The number of carbonyl (C=O) groups is 1. The average molecular weight is 421 g/mol.